The Hall–Kier alpha value is -0.900. The van der Waals surface area contributed by atoms with Gasteiger partial charge in [0.25, 0.3) is 0 Å². The van der Waals surface area contributed by atoms with E-state index in [9.17, 15) is 0 Å². The van der Waals surface area contributed by atoms with Crippen molar-refractivity contribution >= 4 is 22.9 Å². The van der Waals surface area contributed by atoms with E-state index in [-0.39, 0.29) is 0 Å². The zero-order chi connectivity index (χ0) is 13.7. The van der Waals surface area contributed by atoms with Gasteiger partial charge in [0.1, 0.15) is 0 Å². The summed E-state index contributed by atoms with van der Waals surface area (Å²) in [6.07, 6.45) is 1.88. The van der Waals surface area contributed by atoms with Gasteiger partial charge in [-0.15, -0.1) is 11.3 Å². The van der Waals surface area contributed by atoms with Crippen molar-refractivity contribution in [1.29, 1.82) is 0 Å². The summed E-state index contributed by atoms with van der Waals surface area (Å²) in [7, 11) is 0. The van der Waals surface area contributed by atoms with E-state index in [4.69, 9.17) is 11.6 Å². The number of benzene rings is 1. The van der Waals surface area contributed by atoms with Crippen LogP contribution in [0.15, 0.2) is 29.6 Å². The molecule has 2 aromatic rings. The third-order valence-corrected chi connectivity index (χ3v) is 4.23. The number of halogens is 1. The van der Waals surface area contributed by atoms with Gasteiger partial charge in [0.05, 0.1) is 10.7 Å². The Morgan fingerprint density at radius 3 is 2.74 bits per heavy atom. The van der Waals surface area contributed by atoms with Crippen molar-refractivity contribution in [2.75, 3.05) is 6.54 Å². The van der Waals surface area contributed by atoms with Crippen LogP contribution in [0, 0.1) is 6.92 Å². The Bertz CT molecular complexity index is 524. The van der Waals surface area contributed by atoms with Crippen LogP contribution in [-0.2, 0) is 12.8 Å². The Balaban J connectivity index is 2.06. The van der Waals surface area contributed by atoms with Crippen molar-refractivity contribution in [3.05, 3.63) is 50.9 Å². The van der Waals surface area contributed by atoms with E-state index in [1.807, 2.05) is 25.1 Å². The molecule has 1 unspecified atom stereocenters. The standard InChI is InChI=1S/C15H19ClN2S/c1-3-17-13(9-14-10-19-11(2)18-14)8-12-6-4-5-7-15(12)16/h4-7,10,13,17H,3,8-9H2,1-2H3. The van der Waals surface area contributed by atoms with Crippen molar-refractivity contribution in [3.8, 4) is 0 Å². The average Bonchev–Trinajstić information content (AvgIpc) is 2.78. The van der Waals surface area contributed by atoms with E-state index in [2.05, 4.69) is 28.7 Å². The maximum atomic E-state index is 6.23. The van der Waals surface area contributed by atoms with Gasteiger partial charge >= 0.3 is 0 Å². The van der Waals surface area contributed by atoms with Crippen LogP contribution in [-0.4, -0.2) is 17.6 Å². The zero-order valence-electron chi connectivity index (χ0n) is 11.3. The smallest absolute Gasteiger partial charge is 0.0897 e. The molecule has 0 fully saturated rings. The topological polar surface area (TPSA) is 24.9 Å². The summed E-state index contributed by atoms with van der Waals surface area (Å²) in [6, 6.07) is 8.44. The van der Waals surface area contributed by atoms with Crippen LogP contribution in [0.4, 0.5) is 0 Å². The van der Waals surface area contributed by atoms with Gasteiger partial charge in [0.15, 0.2) is 0 Å². The summed E-state index contributed by atoms with van der Waals surface area (Å²) < 4.78 is 0. The van der Waals surface area contributed by atoms with Crippen molar-refractivity contribution < 1.29 is 0 Å². The second-order valence-corrected chi connectivity index (χ2v) is 6.08. The molecule has 1 aromatic carbocycles. The van der Waals surface area contributed by atoms with Crippen LogP contribution < -0.4 is 5.32 Å². The quantitative estimate of drug-likeness (QED) is 0.875. The molecule has 1 atom stereocenters. The number of hydrogen-bond acceptors (Lipinski definition) is 3. The van der Waals surface area contributed by atoms with Crippen molar-refractivity contribution in [3.63, 3.8) is 0 Å². The highest BCUT2D eigenvalue weighted by Gasteiger charge is 2.12. The minimum absolute atomic E-state index is 0.381. The highest BCUT2D eigenvalue weighted by molar-refractivity contribution is 7.09. The highest BCUT2D eigenvalue weighted by atomic mass is 35.5. The predicted molar refractivity (Wildman–Crippen MR) is 83.2 cm³/mol. The van der Waals surface area contributed by atoms with Crippen LogP contribution in [0.25, 0.3) is 0 Å². The Morgan fingerprint density at radius 1 is 1.32 bits per heavy atom. The molecule has 19 heavy (non-hydrogen) atoms. The number of rotatable bonds is 6. The summed E-state index contributed by atoms with van der Waals surface area (Å²) in [6.45, 7) is 5.13. The molecule has 2 nitrogen and oxygen atoms in total. The van der Waals surface area contributed by atoms with Crippen LogP contribution in [0.2, 0.25) is 5.02 Å². The minimum Gasteiger partial charge on any atom is -0.314 e. The van der Waals surface area contributed by atoms with Crippen LogP contribution >= 0.6 is 22.9 Å². The molecule has 0 aliphatic heterocycles. The van der Waals surface area contributed by atoms with Gasteiger partial charge in [0.2, 0.25) is 0 Å². The van der Waals surface area contributed by atoms with Gasteiger partial charge in [0, 0.05) is 22.9 Å². The summed E-state index contributed by atoms with van der Waals surface area (Å²) in [5, 5.41) is 7.64. The lowest BCUT2D eigenvalue weighted by molar-refractivity contribution is 0.517. The fourth-order valence-corrected chi connectivity index (χ4v) is 3.03. The van der Waals surface area contributed by atoms with Crippen LogP contribution in [0.1, 0.15) is 23.2 Å². The molecule has 2 rings (SSSR count). The summed E-state index contributed by atoms with van der Waals surface area (Å²) in [5.41, 5.74) is 2.36. The lowest BCUT2D eigenvalue weighted by Gasteiger charge is -2.17. The molecule has 0 amide bonds. The number of aromatic nitrogens is 1. The van der Waals surface area contributed by atoms with E-state index in [1.54, 1.807) is 11.3 Å². The summed E-state index contributed by atoms with van der Waals surface area (Å²) >= 11 is 7.94. The first-order chi connectivity index (χ1) is 9.19. The molecular formula is C15H19ClN2S. The van der Waals surface area contributed by atoms with Gasteiger partial charge in [-0.05, 0) is 31.5 Å². The Kier molecular flexibility index (Phi) is 5.37. The first-order valence-electron chi connectivity index (χ1n) is 6.56. The van der Waals surface area contributed by atoms with Crippen LogP contribution in [0.3, 0.4) is 0 Å². The largest absolute Gasteiger partial charge is 0.314 e. The maximum absolute atomic E-state index is 6.23. The van der Waals surface area contributed by atoms with Gasteiger partial charge in [-0.2, -0.15) is 0 Å². The second kappa shape index (κ2) is 7.04. The number of thiazole rings is 1. The van der Waals surface area contributed by atoms with E-state index < -0.39 is 0 Å². The number of aryl methyl sites for hydroxylation is 1. The molecular weight excluding hydrogens is 276 g/mol. The average molecular weight is 295 g/mol. The van der Waals surface area contributed by atoms with Crippen molar-refractivity contribution in [2.24, 2.45) is 0 Å². The molecule has 4 heteroatoms. The molecule has 1 heterocycles. The maximum Gasteiger partial charge on any atom is 0.0897 e. The molecule has 0 spiro atoms. The summed E-state index contributed by atoms with van der Waals surface area (Å²) in [5.74, 6) is 0. The second-order valence-electron chi connectivity index (χ2n) is 4.61. The Labute approximate surface area is 123 Å². The lowest BCUT2D eigenvalue weighted by Crippen LogP contribution is -2.33. The van der Waals surface area contributed by atoms with E-state index in [1.165, 1.54) is 11.3 Å². The molecule has 0 saturated heterocycles. The molecule has 0 aliphatic rings. The number of likely N-dealkylation sites (N-methyl/N-ethyl adjacent to an activating group) is 1. The van der Waals surface area contributed by atoms with Gasteiger partial charge in [-0.25, -0.2) is 4.98 Å². The SMILES string of the molecule is CCNC(Cc1csc(C)n1)Cc1ccccc1Cl. The Morgan fingerprint density at radius 2 is 2.11 bits per heavy atom. The normalized spacial score (nSPS) is 12.6. The highest BCUT2D eigenvalue weighted by Crippen LogP contribution is 2.18. The van der Waals surface area contributed by atoms with E-state index in [0.717, 1.165) is 29.4 Å². The first-order valence-corrected chi connectivity index (χ1v) is 7.82. The van der Waals surface area contributed by atoms with Gasteiger partial charge < -0.3 is 5.32 Å². The molecule has 102 valence electrons. The van der Waals surface area contributed by atoms with E-state index in [0.29, 0.717) is 6.04 Å². The zero-order valence-corrected chi connectivity index (χ0v) is 12.9. The third-order valence-electron chi connectivity index (χ3n) is 3.04. The van der Waals surface area contributed by atoms with E-state index >= 15 is 0 Å². The van der Waals surface area contributed by atoms with Gasteiger partial charge in [-0.3, -0.25) is 0 Å². The molecule has 0 saturated carbocycles. The number of nitrogens with zero attached hydrogens (tertiary/aromatic N) is 1. The lowest BCUT2D eigenvalue weighted by atomic mass is 10.0. The minimum atomic E-state index is 0.381. The molecule has 0 bridgehead atoms. The number of hydrogen-bond donors (Lipinski definition) is 1. The first kappa shape index (κ1) is 14.5. The molecule has 0 aliphatic carbocycles. The molecule has 1 N–H and O–H groups in total. The molecule has 1 aromatic heterocycles. The predicted octanol–water partition coefficient (Wildman–Crippen LogP) is 3.87. The van der Waals surface area contributed by atoms with Gasteiger partial charge in [-0.1, -0.05) is 36.7 Å². The summed E-state index contributed by atoms with van der Waals surface area (Å²) in [4.78, 5) is 4.54. The third kappa shape index (κ3) is 4.30. The fourth-order valence-electron chi connectivity index (χ4n) is 2.19. The van der Waals surface area contributed by atoms with Crippen molar-refractivity contribution in [2.45, 2.75) is 32.7 Å². The van der Waals surface area contributed by atoms with Crippen LogP contribution in [0.5, 0.6) is 0 Å². The fraction of sp³-hybridized carbons (Fsp3) is 0.400. The van der Waals surface area contributed by atoms with Crippen molar-refractivity contribution in [1.82, 2.24) is 10.3 Å². The number of nitrogens with one attached hydrogen (secondary N) is 1. The monoisotopic (exact) mass is 294 g/mol. The molecule has 0 radical (unpaired) electrons.